The third-order valence-corrected chi connectivity index (χ3v) is 13.9. The summed E-state index contributed by atoms with van der Waals surface area (Å²) in [7, 11) is 0. The molecule has 5 aliphatic rings. The molecule has 1 aromatic rings. The summed E-state index contributed by atoms with van der Waals surface area (Å²) in [5.74, 6) is 2.23. The van der Waals surface area contributed by atoms with Crippen LogP contribution in [-0.4, -0.2) is 16.9 Å². The Hall–Kier alpha value is -2.10. The number of carbonyl (C=O) groups excluding carboxylic acids is 1. The normalized spacial score (nSPS) is 47.6. The van der Waals surface area contributed by atoms with Crippen molar-refractivity contribution in [3.8, 4) is 0 Å². The van der Waals surface area contributed by atoms with Crippen LogP contribution in [0.5, 0.6) is 0 Å². The maximum atomic E-state index is 13.9. The monoisotopic (exact) mass is 532 g/mol. The standard InChI is InChI=1S/C35H48O4/c1-21(2)24-12-15-35(30(37)38)17-16-33(6)25(28(24)35)10-11-27-32(5)20-22(19-23-9-8-18-39-23)29(36)31(3,4)26(32)13-14-34(27,33)7/h8-9,18-19,24-28H,1,10-17,20H2,2-7H3,(H,37,38)/b22-19-/t24-,25?,26?,27?,28?,32-,33+,34+,35?/m0/s1. The van der Waals surface area contributed by atoms with Gasteiger partial charge in [0, 0.05) is 5.41 Å². The van der Waals surface area contributed by atoms with E-state index in [0.717, 1.165) is 69.1 Å². The first-order valence-corrected chi connectivity index (χ1v) is 15.4. The summed E-state index contributed by atoms with van der Waals surface area (Å²) in [4.78, 5) is 26.8. The molecule has 6 rings (SSSR count). The van der Waals surface area contributed by atoms with Gasteiger partial charge in [-0.15, -0.1) is 0 Å². The third-order valence-electron chi connectivity index (χ3n) is 13.9. The van der Waals surface area contributed by atoms with Crippen molar-refractivity contribution in [1.82, 2.24) is 0 Å². The fraction of sp³-hybridized carbons (Fsp3) is 0.714. The van der Waals surface area contributed by atoms with E-state index in [1.165, 1.54) is 5.57 Å². The first kappa shape index (κ1) is 27.1. The van der Waals surface area contributed by atoms with Gasteiger partial charge in [-0.1, -0.05) is 46.8 Å². The van der Waals surface area contributed by atoms with Crippen LogP contribution in [0.3, 0.4) is 0 Å². The molecule has 0 amide bonds. The zero-order valence-corrected chi connectivity index (χ0v) is 24.9. The second-order valence-electron chi connectivity index (χ2n) is 15.6. The Bertz CT molecular complexity index is 1240. The molecule has 5 saturated carbocycles. The molecule has 212 valence electrons. The number of rotatable bonds is 3. The lowest BCUT2D eigenvalue weighted by Gasteiger charge is -2.72. The highest BCUT2D eigenvalue weighted by Crippen LogP contribution is 2.77. The van der Waals surface area contributed by atoms with Crippen molar-refractivity contribution in [2.24, 2.45) is 56.7 Å². The van der Waals surface area contributed by atoms with Crippen LogP contribution in [0.2, 0.25) is 0 Å². The van der Waals surface area contributed by atoms with Crippen LogP contribution in [-0.2, 0) is 9.59 Å². The summed E-state index contributed by atoms with van der Waals surface area (Å²) >= 11 is 0. The van der Waals surface area contributed by atoms with Gasteiger partial charge < -0.3 is 9.52 Å². The number of aliphatic carboxylic acids is 1. The van der Waals surface area contributed by atoms with E-state index in [0.29, 0.717) is 23.7 Å². The first-order valence-electron chi connectivity index (χ1n) is 15.4. The van der Waals surface area contributed by atoms with Gasteiger partial charge in [0.05, 0.1) is 11.7 Å². The minimum Gasteiger partial charge on any atom is -0.481 e. The SMILES string of the molecule is C=C(C)[C@@H]1CCC2(C(=O)O)CC[C@]3(C)C(CCC4[C@@]5(C)C/C(=C/c6ccco6)C(=O)C(C)(C)C5CC[C@]43C)C12. The van der Waals surface area contributed by atoms with Gasteiger partial charge in [0.15, 0.2) is 5.78 Å². The van der Waals surface area contributed by atoms with Crippen LogP contribution in [0.1, 0.15) is 105 Å². The Morgan fingerprint density at radius 1 is 1.00 bits per heavy atom. The lowest BCUT2D eigenvalue weighted by molar-refractivity contribution is -0.231. The summed E-state index contributed by atoms with van der Waals surface area (Å²) in [5.41, 5.74) is 1.30. The van der Waals surface area contributed by atoms with E-state index in [1.54, 1.807) is 6.26 Å². The van der Waals surface area contributed by atoms with E-state index in [-0.39, 0.29) is 27.9 Å². The van der Waals surface area contributed by atoms with Crippen LogP contribution in [0.4, 0.5) is 0 Å². The van der Waals surface area contributed by atoms with Crippen LogP contribution < -0.4 is 0 Å². The molecule has 0 saturated heterocycles. The predicted molar refractivity (Wildman–Crippen MR) is 154 cm³/mol. The maximum absolute atomic E-state index is 13.9. The third kappa shape index (κ3) is 3.35. The van der Waals surface area contributed by atoms with Gasteiger partial charge in [-0.25, -0.2) is 0 Å². The number of carboxylic acids is 1. The number of fused-ring (bicyclic) bond motifs is 7. The van der Waals surface area contributed by atoms with Crippen molar-refractivity contribution in [2.75, 3.05) is 0 Å². The van der Waals surface area contributed by atoms with Crippen molar-refractivity contribution >= 4 is 17.8 Å². The molecule has 9 atom stereocenters. The van der Waals surface area contributed by atoms with Crippen molar-refractivity contribution < 1.29 is 19.1 Å². The Kier molecular flexibility index (Phi) is 5.88. The Labute approximate surface area is 234 Å². The number of hydrogen-bond acceptors (Lipinski definition) is 3. The lowest BCUT2D eigenvalue weighted by Crippen LogP contribution is -2.67. The topological polar surface area (TPSA) is 67.5 Å². The summed E-state index contributed by atoms with van der Waals surface area (Å²) in [6.45, 7) is 18.4. The largest absolute Gasteiger partial charge is 0.481 e. The summed E-state index contributed by atoms with van der Waals surface area (Å²) < 4.78 is 5.65. The van der Waals surface area contributed by atoms with Crippen LogP contribution >= 0.6 is 0 Å². The first-order chi connectivity index (χ1) is 18.2. The van der Waals surface area contributed by atoms with Gasteiger partial charge in [-0.05, 0) is 134 Å². The molecule has 4 heteroatoms. The zero-order valence-electron chi connectivity index (χ0n) is 24.9. The van der Waals surface area contributed by atoms with E-state index in [1.807, 2.05) is 18.2 Å². The van der Waals surface area contributed by atoms with Crippen molar-refractivity contribution in [1.29, 1.82) is 0 Å². The second kappa shape index (κ2) is 8.46. The molecule has 1 N–H and O–H groups in total. The van der Waals surface area contributed by atoms with E-state index in [4.69, 9.17) is 4.42 Å². The summed E-state index contributed by atoms with van der Waals surface area (Å²) in [5, 5.41) is 10.6. The Balaban J connectivity index is 1.42. The molecule has 39 heavy (non-hydrogen) atoms. The lowest BCUT2D eigenvalue weighted by atomic mass is 9.32. The Morgan fingerprint density at radius 3 is 2.38 bits per heavy atom. The molecule has 0 aliphatic heterocycles. The number of carbonyl (C=O) groups is 2. The number of furan rings is 1. The molecule has 5 unspecified atom stereocenters. The van der Waals surface area contributed by atoms with Crippen LogP contribution in [0.25, 0.3) is 6.08 Å². The zero-order chi connectivity index (χ0) is 28.2. The van der Waals surface area contributed by atoms with E-state index >= 15 is 0 Å². The van der Waals surface area contributed by atoms with E-state index in [2.05, 4.69) is 48.1 Å². The fourth-order valence-electron chi connectivity index (χ4n) is 12.0. The highest BCUT2D eigenvalue weighted by molar-refractivity contribution is 6.04. The van der Waals surface area contributed by atoms with E-state index < -0.39 is 16.8 Å². The van der Waals surface area contributed by atoms with E-state index in [9.17, 15) is 14.7 Å². The molecule has 0 spiro atoms. The molecule has 0 bridgehead atoms. The van der Waals surface area contributed by atoms with Crippen molar-refractivity contribution in [2.45, 2.75) is 99.3 Å². The summed E-state index contributed by atoms with van der Waals surface area (Å²) in [6, 6.07) is 3.83. The van der Waals surface area contributed by atoms with Crippen LogP contribution in [0, 0.1) is 56.7 Å². The average Bonchev–Trinajstić information content (AvgIpc) is 3.51. The minimum absolute atomic E-state index is 0.0155. The fourth-order valence-corrected chi connectivity index (χ4v) is 12.0. The maximum Gasteiger partial charge on any atom is 0.309 e. The number of ketones is 1. The molecule has 5 fully saturated rings. The number of Topliss-reactive ketones (excluding diaryl/α,β-unsaturated/α-hetero) is 1. The van der Waals surface area contributed by atoms with Crippen molar-refractivity contribution in [3.05, 3.63) is 41.9 Å². The number of allylic oxidation sites excluding steroid dienone is 2. The molecule has 1 heterocycles. The van der Waals surface area contributed by atoms with Gasteiger partial charge in [0.1, 0.15) is 5.76 Å². The van der Waals surface area contributed by atoms with Crippen molar-refractivity contribution in [3.63, 3.8) is 0 Å². The average molecular weight is 533 g/mol. The quantitative estimate of drug-likeness (QED) is 0.313. The van der Waals surface area contributed by atoms with Gasteiger partial charge in [0.25, 0.3) is 0 Å². The molecule has 0 aromatic carbocycles. The number of carboxylic acid groups (broad SMARTS) is 1. The second-order valence-corrected chi connectivity index (χ2v) is 15.6. The van der Waals surface area contributed by atoms with Crippen LogP contribution in [0.15, 0.2) is 40.5 Å². The van der Waals surface area contributed by atoms with Gasteiger partial charge in [-0.2, -0.15) is 0 Å². The Morgan fingerprint density at radius 2 is 1.74 bits per heavy atom. The minimum atomic E-state index is -0.587. The molecule has 1 aromatic heterocycles. The summed E-state index contributed by atoms with van der Waals surface area (Å²) in [6.07, 6.45) is 12.4. The molecule has 5 aliphatic carbocycles. The van der Waals surface area contributed by atoms with Gasteiger partial charge in [0.2, 0.25) is 0 Å². The highest BCUT2D eigenvalue weighted by Gasteiger charge is 2.72. The highest BCUT2D eigenvalue weighted by atomic mass is 16.4. The molecular formula is C35H48O4. The predicted octanol–water partition coefficient (Wildman–Crippen LogP) is 8.58. The number of hydrogen-bond donors (Lipinski definition) is 1. The smallest absolute Gasteiger partial charge is 0.309 e. The van der Waals surface area contributed by atoms with Gasteiger partial charge in [-0.3, -0.25) is 9.59 Å². The molecule has 0 radical (unpaired) electrons. The molecular weight excluding hydrogens is 484 g/mol. The van der Waals surface area contributed by atoms with Gasteiger partial charge >= 0.3 is 5.97 Å². The molecule has 4 nitrogen and oxygen atoms in total.